The van der Waals surface area contributed by atoms with Crippen LogP contribution in [0.3, 0.4) is 0 Å². The predicted molar refractivity (Wildman–Crippen MR) is 119 cm³/mol. The van der Waals surface area contributed by atoms with Gasteiger partial charge in [0.2, 0.25) is 11.8 Å². The largest absolute Gasteiger partial charge is 0.362 e. The van der Waals surface area contributed by atoms with Crippen LogP contribution in [0.4, 0.5) is 11.4 Å². The Labute approximate surface area is 193 Å². The molecule has 0 aliphatic carbocycles. The molecule has 174 valence electrons. The first-order chi connectivity index (χ1) is 16.1. The summed E-state index contributed by atoms with van der Waals surface area (Å²) in [5.74, 6) is -1.92. The number of nitrogens with zero attached hydrogens (tertiary/aromatic N) is 3. The smallest absolute Gasteiger partial charge is 0.276 e. The van der Waals surface area contributed by atoms with Crippen LogP contribution in [0.2, 0.25) is 0 Å². The van der Waals surface area contributed by atoms with Crippen LogP contribution < -0.4 is 9.73 Å². The fourth-order valence-electron chi connectivity index (χ4n) is 4.59. The summed E-state index contributed by atoms with van der Waals surface area (Å²) in [4.78, 5) is 39.1. The van der Waals surface area contributed by atoms with Crippen LogP contribution >= 0.6 is 0 Å². The van der Waals surface area contributed by atoms with E-state index in [9.17, 15) is 28.1 Å². The summed E-state index contributed by atoms with van der Waals surface area (Å²) in [5, 5.41) is 14.4. The van der Waals surface area contributed by atoms with Crippen molar-refractivity contribution in [3.8, 4) is 0 Å². The highest BCUT2D eigenvalue weighted by atomic mass is 32.2. The highest BCUT2D eigenvalue weighted by molar-refractivity contribution is 7.89. The number of nitrogens with one attached hydrogen (secondary N) is 1. The summed E-state index contributed by atoms with van der Waals surface area (Å²) in [5.41, 5.74) is -0.171. The van der Waals surface area contributed by atoms with Gasteiger partial charge in [0.05, 0.1) is 45.3 Å². The number of hydrogen-bond acceptors (Lipinski definition) is 8. The van der Waals surface area contributed by atoms with E-state index < -0.39 is 38.5 Å². The topological polar surface area (TPSA) is 148 Å². The van der Waals surface area contributed by atoms with Gasteiger partial charge in [0.1, 0.15) is 0 Å². The molecule has 4 unspecified atom stereocenters. The number of carbonyl (C=O) groups is 2. The molecule has 3 heterocycles. The molecule has 0 aromatic heterocycles. The number of rotatable bonds is 6. The van der Waals surface area contributed by atoms with Crippen LogP contribution in [0.15, 0.2) is 70.7 Å². The first-order valence-corrected chi connectivity index (χ1v) is 11.7. The normalized spacial score (nSPS) is 27.6. The first-order valence-electron chi connectivity index (χ1n) is 10.3. The Kier molecular flexibility index (Phi) is 4.88. The molecule has 0 saturated carbocycles. The third kappa shape index (κ3) is 3.38. The van der Waals surface area contributed by atoms with Gasteiger partial charge < -0.3 is 4.74 Å². The first kappa shape index (κ1) is 21.9. The summed E-state index contributed by atoms with van der Waals surface area (Å²) >= 11 is 0. The molecule has 3 aliphatic heterocycles. The molecule has 1 N–H and O–H groups in total. The summed E-state index contributed by atoms with van der Waals surface area (Å²) in [6.45, 7) is 1.78. The summed E-state index contributed by atoms with van der Waals surface area (Å²) in [7, 11) is -4.03. The molecule has 2 aromatic rings. The highest BCUT2D eigenvalue weighted by Gasteiger charge is 2.66. The van der Waals surface area contributed by atoms with Crippen LogP contribution in [0.5, 0.6) is 0 Å². The number of imide groups is 1. The SMILES string of the molecule is CC12C=CC(O1)C1C(=O)N(c3ccc(S(=O)(=O)N/N=C/c4ccc([N+](=O)[O-])cc4)cc3)C(=O)C12. The monoisotopic (exact) mass is 482 g/mol. The van der Waals surface area contributed by atoms with E-state index in [2.05, 4.69) is 9.93 Å². The third-order valence-corrected chi connectivity index (χ3v) is 7.46. The van der Waals surface area contributed by atoms with Gasteiger partial charge in [0, 0.05) is 12.1 Å². The Morgan fingerprint density at radius 3 is 2.41 bits per heavy atom. The van der Waals surface area contributed by atoms with Crippen LogP contribution in [0.25, 0.3) is 0 Å². The van der Waals surface area contributed by atoms with E-state index >= 15 is 0 Å². The van der Waals surface area contributed by atoms with Gasteiger partial charge >= 0.3 is 0 Å². The number of anilines is 1. The molecular formula is C22H18N4O7S. The number of amides is 2. The lowest BCUT2D eigenvalue weighted by Crippen LogP contribution is -2.38. The quantitative estimate of drug-likeness (QED) is 0.217. The zero-order valence-electron chi connectivity index (χ0n) is 17.7. The number of nitro groups is 1. The van der Waals surface area contributed by atoms with Crippen molar-refractivity contribution in [1.82, 2.24) is 4.83 Å². The van der Waals surface area contributed by atoms with Gasteiger partial charge in [0.25, 0.3) is 15.7 Å². The van der Waals surface area contributed by atoms with E-state index in [1.807, 2.05) is 6.08 Å². The second-order valence-corrected chi connectivity index (χ2v) is 10.00. The van der Waals surface area contributed by atoms with E-state index in [-0.39, 0.29) is 28.1 Å². The number of benzene rings is 2. The highest BCUT2D eigenvalue weighted by Crippen LogP contribution is 2.52. The molecule has 3 aliphatic rings. The number of hydrogen-bond donors (Lipinski definition) is 1. The van der Waals surface area contributed by atoms with Crippen molar-refractivity contribution >= 4 is 39.4 Å². The fourth-order valence-corrected chi connectivity index (χ4v) is 5.38. The van der Waals surface area contributed by atoms with Gasteiger partial charge in [-0.2, -0.15) is 13.5 Å². The number of nitro benzene ring substituents is 1. The number of fused-ring (bicyclic) bond motifs is 5. The van der Waals surface area contributed by atoms with Crippen molar-refractivity contribution in [2.75, 3.05) is 4.90 Å². The molecular weight excluding hydrogens is 464 g/mol. The molecule has 12 heteroatoms. The number of sulfonamides is 1. The maximum atomic E-state index is 13.0. The average Bonchev–Trinajstić information content (AvgIpc) is 3.42. The third-order valence-electron chi connectivity index (χ3n) is 6.23. The van der Waals surface area contributed by atoms with Crippen LogP contribution in [0.1, 0.15) is 12.5 Å². The summed E-state index contributed by atoms with van der Waals surface area (Å²) in [6.07, 6.45) is 4.38. The van der Waals surface area contributed by atoms with E-state index in [1.165, 1.54) is 54.7 Å². The van der Waals surface area contributed by atoms with Crippen molar-refractivity contribution in [2.45, 2.75) is 23.5 Å². The molecule has 34 heavy (non-hydrogen) atoms. The van der Waals surface area contributed by atoms with Crippen molar-refractivity contribution in [2.24, 2.45) is 16.9 Å². The number of ether oxygens (including phenoxy) is 1. The second-order valence-electron chi connectivity index (χ2n) is 8.34. The zero-order chi connectivity index (χ0) is 24.3. The zero-order valence-corrected chi connectivity index (χ0v) is 18.5. The standard InChI is InChI=1S/C22H18N4O7S/c1-22-11-10-17(33-22)18-19(22)21(28)25(20(18)27)14-6-8-16(9-7-14)34(31,32)24-23-12-13-2-4-15(5-3-13)26(29)30/h2-12,17-19,24H,1H3/b23-12+. The lowest BCUT2D eigenvalue weighted by Gasteiger charge is -2.24. The van der Waals surface area contributed by atoms with Crippen molar-refractivity contribution in [3.05, 3.63) is 76.4 Å². The average molecular weight is 482 g/mol. The van der Waals surface area contributed by atoms with Crippen molar-refractivity contribution in [1.29, 1.82) is 0 Å². The molecule has 11 nitrogen and oxygen atoms in total. The Morgan fingerprint density at radius 1 is 1.12 bits per heavy atom. The lowest BCUT2D eigenvalue weighted by atomic mass is 9.78. The molecule has 0 radical (unpaired) electrons. The molecule has 4 atom stereocenters. The maximum Gasteiger partial charge on any atom is 0.276 e. The minimum Gasteiger partial charge on any atom is -0.362 e. The Hall–Kier alpha value is -3.90. The summed E-state index contributed by atoms with van der Waals surface area (Å²) in [6, 6.07) is 10.7. The maximum absolute atomic E-state index is 13.0. The van der Waals surface area contributed by atoms with Crippen LogP contribution in [-0.4, -0.2) is 43.1 Å². The number of carbonyl (C=O) groups excluding carboxylic acids is 2. The molecule has 5 rings (SSSR count). The van der Waals surface area contributed by atoms with E-state index in [0.717, 1.165) is 4.90 Å². The fraction of sp³-hybridized carbons (Fsp3) is 0.227. The molecule has 0 spiro atoms. The molecule has 2 aromatic carbocycles. The number of non-ortho nitro benzene ring substituents is 1. The lowest BCUT2D eigenvalue weighted by molar-refractivity contribution is -0.384. The van der Waals surface area contributed by atoms with Gasteiger partial charge in [-0.05, 0) is 48.9 Å². The van der Waals surface area contributed by atoms with Gasteiger partial charge in [0.15, 0.2) is 0 Å². The molecule has 2 bridgehead atoms. The van der Waals surface area contributed by atoms with Gasteiger partial charge in [-0.25, -0.2) is 9.73 Å². The van der Waals surface area contributed by atoms with Crippen LogP contribution in [0, 0.1) is 22.0 Å². The Morgan fingerprint density at radius 2 is 1.79 bits per heavy atom. The summed E-state index contributed by atoms with van der Waals surface area (Å²) < 4.78 is 30.9. The Bertz CT molecular complexity index is 1370. The predicted octanol–water partition coefficient (Wildman–Crippen LogP) is 1.74. The van der Waals surface area contributed by atoms with E-state index in [1.54, 1.807) is 13.0 Å². The second kappa shape index (κ2) is 7.57. The Balaban J connectivity index is 1.30. The minimum absolute atomic E-state index is 0.0954. The molecule has 2 saturated heterocycles. The molecule has 2 fully saturated rings. The van der Waals surface area contributed by atoms with E-state index in [0.29, 0.717) is 5.56 Å². The van der Waals surface area contributed by atoms with Crippen LogP contribution in [-0.2, 0) is 24.3 Å². The van der Waals surface area contributed by atoms with E-state index in [4.69, 9.17) is 4.74 Å². The number of hydrazone groups is 1. The molecule has 2 amide bonds. The van der Waals surface area contributed by atoms with Crippen molar-refractivity contribution in [3.63, 3.8) is 0 Å². The van der Waals surface area contributed by atoms with Gasteiger partial charge in [-0.1, -0.05) is 12.2 Å². The van der Waals surface area contributed by atoms with Crippen molar-refractivity contribution < 1.29 is 27.7 Å². The van der Waals surface area contributed by atoms with Gasteiger partial charge in [-0.15, -0.1) is 0 Å². The van der Waals surface area contributed by atoms with Gasteiger partial charge in [-0.3, -0.25) is 19.7 Å². The minimum atomic E-state index is -4.03.